The largest absolute Gasteiger partial charge is 0.444 e. The number of likely N-dealkylation sites (tertiary alicyclic amines) is 1. The summed E-state index contributed by atoms with van der Waals surface area (Å²) in [4.78, 5) is 13.6. The standard InChI is InChI=1S/C13H22N2O2S/c1-12(2,3)17-11(16)15-7-4-13(10-14,5-8-15)6-9-18/h18H,4-9H2,1-3H3. The Bertz CT molecular complexity index is 336. The van der Waals surface area contributed by atoms with Gasteiger partial charge >= 0.3 is 6.09 Å². The average Bonchev–Trinajstić information content (AvgIpc) is 2.28. The zero-order valence-corrected chi connectivity index (χ0v) is 12.3. The summed E-state index contributed by atoms with van der Waals surface area (Å²) in [5.74, 6) is 0.708. The van der Waals surface area contributed by atoms with Crippen molar-refractivity contribution in [1.82, 2.24) is 4.90 Å². The molecule has 1 amide bonds. The Morgan fingerprint density at radius 1 is 1.44 bits per heavy atom. The number of carbonyl (C=O) groups excluding carboxylic acids is 1. The Morgan fingerprint density at radius 3 is 2.39 bits per heavy atom. The van der Waals surface area contributed by atoms with Gasteiger partial charge in [0.15, 0.2) is 0 Å². The highest BCUT2D eigenvalue weighted by atomic mass is 32.1. The van der Waals surface area contributed by atoms with Crippen LogP contribution in [-0.2, 0) is 4.74 Å². The van der Waals surface area contributed by atoms with Crippen LogP contribution in [0.15, 0.2) is 0 Å². The van der Waals surface area contributed by atoms with Gasteiger partial charge in [-0.2, -0.15) is 17.9 Å². The van der Waals surface area contributed by atoms with Crippen LogP contribution in [0.1, 0.15) is 40.0 Å². The highest BCUT2D eigenvalue weighted by molar-refractivity contribution is 7.80. The number of hydrogen-bond acceptors (Lipinski definition) is 4. The lowest BCUT2D eigenvalue weighted by molar-refractivity contribution is 0.0146. The van der Waals surface area contributed by atoms with E-state index >= 15 is 0 Å². The molecule has 0 aromatic rings. The molecule has 0 unspecified atom stereocenters. The minimum Gasteiger partial charge on any atom is -0.444 e. The highest BCUT2D eigenvalue weighted by Crippen LogP contribution is 2.34. The van der Waals surface area contributed by atoms with Crippen molar-refractivity contribution < 1.29 is 9.53 Å². The van der Waals surface area contributed by atoms with E-state index < -0.39 is 5.60 Å². The van der Waals surface area contributed by atoms with Crippen LogP contribution < -0.4 is 0 Å². The van der Waals surface area contributed by atoms with Gasteiger partial charge in [0.25, 0.3) is 0 Å². The van der Waals surface area contributed by atoms with Crippen LogP contribution in [0, 0.1) is 16.7 Å². The molecule has 0 spiro atoms. The number of carbonyl (C=O) groups is 1. The quantitative estimate of drug-likeness (QED) is 0.785. The summed E-state index contributed by atoms with van der Waals surface area (Å²) in [6.45, 7) is 6.76. The number of nitrogens with zero attached hydrogens (tertiary/aromatic N) is 2. The van der Waals surface area contributed by atoms with Gasteiger partial charge < -0.3 is 9.64 Å². The molecule has 1 rings (SSSR count). The monoisotopic (exact) mass is 270 g/mol. The smallest absolute Gasteiger partial charge is 0.410 e. The molecule has 0 aromatic heterocycles. The SMILES string of the molecule is CC(C)(C)OC(=O)N1CCC(C#N)(CCS)CC1. The van der Waals surface area contributed by atoms with Crippen LogP contribution in [0.4, 0.5) is 4.79 Å². The first-order valence-electron chi connectivity index (χ1n) is 6.32. The third-order valence-corrected chi connectivity index (χ3v) is 3.42. The maximum atomic E-state index is 11.9. The maximum Gasteiger partial charge on any atom is 0.410 e. The van der Waals surface area contributed by atoms with Gasteiger partial charge in [-0.25, -0.2) is 4.79 Å². The molecule has 0 aromatic carbocycles. The fourth-order valence-electron chi connectivity index (χ4n) is 2.08. The summed E-state index contributed by atoms with van der Waals surface area (Å²) in [6.07, 6.45) is 1.93. The second-order valence-corrected chi connectivity index (χ2v) is 6.28. The second kappa shape index (κ2) is 5.83. The molecule has 1 aliphatic rings. The molecule has 0 atom stereocenters. The summed E-state index contributed by atoms with van der Waals surface area (Å²) in [7, 11) is 0. The zero-order chi connectivity index (χ0) is 13.8. The molecule has 18 heavy (non-hydrogen) atoms. The predicted octanol–water partition coefficient (Wildman–Crippen LogP) is 2.85. The van der Waals surface area contributed by atoms with Crippen molar-refractivity contribution in [2.24, 2.45) is 5.41 Å². The number of amides is 1. The molecule has 4 nitrogen and oxygen atoms in total. The van der Waals surface area contributed by atoms with Gasteiger partial charge in [-0.05, 0) is 45.8 Å². The van der Waals surface area contributed by atoms with E-state index in [-0.39, 0.29) is 11.5 Å². The Kier molecular flexibility index (Phi) is 4.92. The topological polar surface area (TPSA) is 53.3 Å². The van der Waals surface area contributed by atoms with Crippen molar-refractivity contribution in [3.8, 4) is 6.07 Å². The number of thiol groups is 1. The minimum absolute atomic E-state index is 0.278. The van der Waals surface area contributed by atoms with Crippen LogP contribution in [0.25, 0.3) is 0 Å². The normalized spacial score (nSPS) is 19.2. The van der Waals surface area contributed by atoms with Crippen LogP contribution in [0.2, 0.25) is 0 Å². The van der Waals surface area contributed by atoms with Crippen LogP contribution in [-0.4, -0.2) is 35.4 Å². The van der Waals surface area contributed by atoms with Crippen LogP contribution in [0.3, 0.4) is 0 Å². The van der Waals surface area contributed by atoms with Gasteiger partial charge in [-0.15, -0.1) is 0 Å². The zero-order valence-electron chi connectivity index (χ0n) is 11.4. The number of hydrogen-bond donors (Lipinski definition) is 1. The fraction of sp³-hybridized carbons (Fsp3) is 0.846. The molecule has 0 N–H and O–H groups in total. The first-order valence-corrected chi connectivity index (χ1v) is 6.95. The van der Waals surface area contributed by atoms with Crippen molar-refractivity contribution >= 4 is 18.7 Å². The molecular weight excluding hydrogens is 248 g/mol. The third kappa shape index (κ3) is 4.09. The Hall–Kier alpha value is -0.890. The highest BCUT2D eigenvalue weighted by Gasteiger charge is 2.36. The van der Waals surface area contributed by atoms with E-state index in [1.807, 2.05) is 20.8 Å². The molecule has 0 radical (unpaired) electrons. The number of rotatable bonds is 2. The van der Waals surface area contributed by atoms with Gasteiger partial charge in [-0.1, -0.05) is 0 Å². The number of ether oxygens (including phenoxy) is 1. The molecule has 0 aliphatic carbocycles. The van der Waals surface area contributed by atoms with Crippen molar-refractivity contribution in [3.63, 3.8) is 0 Å². The molecule has 5 heteroatoms. The van der Waals surface area contributed by atoms with Crippen LogP contribution >= 0.6 is 12.6 Å². The van der Waals surface area contributed by atoms with Crippen molar-refractivity contribution in [3.05, 3.63) is 0 Å². The number of nitriles is 1. The first-order chi connectivity index (χ1) is 8.32. The lowest BCUT2D eigenvalue weighted by Gasteiger charge is -2.37. The maximum absolute atomic E-state index is 11.9. The second-order valence-electron chi connectivity index (χ2n) is 5.83. The molecule has 0 bridgehead atoms. The third-order valence-electron chi connectivity index (χ3n) is 3.20. The molecule has 1 fully saturated rings. The van der Waals surface area contributed by atoms with Crippen molar-refractivity contribution in [2.45, 2.75) is 45.6 Å². The van der Waals surface area contributed by atoms with E-state index in [2.05, 4.69) is 18.7 Å². The van der Waals surface area contributed by atoms with Gasteiger partial charge in [0.2, 0.25) is 0 Å². The summed E-state index contributed by atoms with van der Waals surface area (Å²) in [5, 5.41) is 9.27. The minimum atomic E-state index is -0.466. The van der Waals surface area contributed by atoms with Gasteiger partial charge in [0.05, 0.1) is 11.5 Å². The van der Waals surface area contributed by atoms with Crippen molar-refractivity contribution in [1.29, 1.82) is 5.26 Å². The van der Waals surface area contributed by atoms with E-state index in [0.29, 0.717) is 31.7 Å². The van der Waals surface area contributed by atoms with Gasteiger partial charge in [0, 0.05) is 13.1 Å². The molecule has 0 saturated carbocycles. The first kappa shape index (κ1) is 15.2. The lowest BCUT2D eigenvalue weighted by Crippen LogP contribution is -2.45. The van der Waals surface area contributed by atoms with Crippen molar-refractivity contribution in [2.75, 3.05) is 18.8 Å². The molecule has 102 valence electrons. The summed E-state index contributed by atoms with van der Waals surface area (Å²) in [6, 6.07) is 2.40. The summed E-state index contributed by atoms with van der Waals surface area (Å²) in [5.41, 5.74) is -0.772. The fourth-order valence-corrected chi connectivity index (χ4v) is 2.50. The Morgan fingerprint density at radius 2 is 2.00 bits per heavy atom. The van der Waals surface area contributed by atoms with Gasteiger partial charge in [0.1, 0.15) is 5.60 Å². The Labute approximate surface area is 115 Å². The van der Waals surface area contributed by atoms with E-state index in [9.17, 15) is 10.1 Å². The van der Waals surface area contributed by atoms with E-state index in [1.54, 1.807) is 4.90 Å². The molecule has 1 saturated heterocycles. The molecule has 1 aliphatic heterocycles. The van der Waals surface area contributed by atoms with Gasteiger partial charge in [-0.3, -0.25) is 0 Å². The lowest BCUT2D eigenvalue weighted by atomic mass is 9.77. The predicted molar refractivity (Wildman–Crippen MR) is 73.6 cm³/mol. The molecule has 1 heterocycles. The summed E-state index contributed by atoms with van der Waals surface area (Å²) >= 11 is 4.20. The van der Waals surface area contributed by atoms with E-state index in [4.69, 9.17) is 4.74 Å². The Balaban J connectivity index is 2.54. The van der Waals surface area contributed by atoms with E-state index in [0.717, 1.165) is 6.42 Å². The van der Waals surface area contributed by atoms with Crippen LogP contribution in [0.5, 0.6) is 0 Å². The van der Waals surface area contributed by atoms with E-state index in [1.165, 1.54) is 0 Å². The summed E-state index contributed by atoms with van der Waals surface area (Å²) < 4.78 is 5.33. The number of piperidine rings is 1. The average molecular weight is 270 g/mol. The molecular formula is C13H22N2O2S.